The summed E-state index contributed by atoms with van der Waals surface area (Å²) >= 11 is 0. The smallest absolute Gasteiger partial charge is 0.241 e. The van der Waals surface area contributed by atoms with Gasteiger partial charge in [-0.25, -0.2) is 0 Å². The molecule has 17 heavy (non-hydrogen) atoms. The molecule has 5 nitrogen and oxygen atoms in total. The van der Waals surface area contributed by atoms with Crippen molar-refractivity contribution in [3.05, 3.63) is 24.0 Å². The Morgan fingerprint density at radius 2 is 2.06 bits per heavy atom. The fourth-order valence-corrected chi connectivity index (χ4v) is 1.31. The predicted molar refractivity (Wildman–Crippen MR) is 66.8 cm³/mol. The molecule has 1 aromatic rings. The number of likely N-dealkylation sites (N-methyl/N-ethyl adjacent to an activating group) is 2. The quantitative estimate of drug-likeness (QED) is 0.835. The molecule has 1 heterocycles. The van der Waals surface area contributed by atoms with Crippen LogP contribution in [0.5, 0.6) is 0 Å². The Morgan fingerprint density at radius 1 is 1.41 bits per heavy atom. The molecular formula is C12H19N3O2. The normalized spacial score (nSPS) is 12.1. The maximum absolute atomic E-state index is 11.5. The molecule has 0 radical (unpaired) electrons. The average molecular weight is 237 g/mol. The summed E-state index contributed by atoms with van der Waals surface area (Å²) in [6.45, 7) is 1.98. The summed E-state index contributed by atoms with van der Waals surface area (Å²) in [5.74, 6) is 0.0344. The van der Waals surface area contributed by atoms with Crippen LogP contribution in [0.25, 0.3) is 0 Å². The van der Waals surface area contributed by atoms with Crippen LogP contribution in [-0.2, 0) is 4.79 Å². The molecule has 1 atom stereocenters. The molecule has 0 aliphatic rings. The first-order valence-electron chi connectivity index (χ1n) is 5.47. The van der Waals surface area contributed by atoms with E-state index in [0.717, 1.165) is 5.69 Å². The number of carbonyl (C=O) groups excluding carboxylic acids is 1. The van der Waals surface area contributed by atoms with Gasteiger partial charge in [-0.3, -0.25) is 9.78 Å². The van der Waals surface area contributed by atoms with E-state index >= 15 is 0 Å². The van der Waals surface area contributed by atoms with Crippen molar-refractivity contribution in [3.63, 3.8) is 0 Å². The minimum Gasteiger partial charge on any atom is -0.387 e. The minimum atomic E-state index is -0.572. The van der Waals surface area contributed by atoms with Gasteiger partial charge in [-0.2, -0.15) is 0 Å². The average Bonchev–Trinajstić information content (AvgIpc) is 2.28. The largest absolute Gasteiger partial charge is 0.387 e. The highest BCUT2D eigenvalue weighted by Crippen LogP contribution is 2.14. The van der Waals surface area contributed by atoms with Crippen LogP contribution in [0.15, 0.2) is 18.3 Å². The highest BCUT2D eigenvalue weighted by molar-refractivity contribution is 5.80. The van der Waals surface area contributed by atoms with Crippen molar-refractivity contribution in [1.82, 2.24) is 9.88 Å². The number of anilines is 1. The lowest BCUT2D eigenvalue weighted by atomic mass is 10.2. The SMILES string of the molecule is C[C@@H](O)c1ccc(N(C)CC(=O)N(C)C)cn1. The molecule has 0 aliphatic heterocycles. The van der Waals surface area contributed by atoms with E-state index in [9.17, 15) is 9.90 Å². The van der Waals surface area contributed by atoms with Gasteiger partial charge in [0.1, 0.15) is 0 Å². The van der Waals surface area contributed by atoms with Gasteiger partial charge in [0.15, 0.2) is 0 Å². The predicted octanol–water partition coefficient (Wildman–Crippen LogP) is 0.659. The van der Waals surface area contributed by atoms with Crippen molar-refractivity contribution in [1.29, 1.82) is 0 Å². The van der Waals surface area contributed by atoms with Crippen LogP contribution < -0.4 is 4.90 Å². The molecule has 0 bridgehead atoms. The van der Waals surface area contributed by atoms with Gasteiger partial charge < -0.3 is 14.9 Å². The Hall–Kier alpha value is -1.62. The second-order valence-corrected chi connectivity index (χ2v) is 4.26. The Labute approximate surface area is 102 Å². The van der Waals surface area contributed by atoms with Gasteiger partial charge in [-0.05, 0) is 19.1 Å². The molecule has 0 unspecified atom stereocenters. The van der Waals surface area contributed by atoms with E-state index in [2.05, 4.69) is 4.98 Å². The summed E-state index contributed by atoms with van der Waals surface area (Å²) in [5.41, 5.74) is 1.48. The summed E-state index contributed by atoms with van der Waals surface area (Å²) in [5, 5.41) is 9.33. The van der Waals surface area contributed by atoms with E-state index < -0.39 is 6.10 Å². The number of aromatic nitrogens is 1. The molecule has 5 heteroatoms. The molecule has 0 spiro atoms. The van der Waals surface area contributed by atoms with E-state index in [1.54, 1.807) is 38.2 Å². The second-order valence-electron chi connectivity index (χ2n) is 4.26. The first kappa shape index (κ1) is 13.4. The number of pyridine rings is 1. The highest BCUT2D eigenvalue weighted by atomic mass is 16.3. The maximum Gasteiger partial charge on any atom is 0.241 e. The van der Waals surface area contributed by atoms with E-state index in [1.807, 2.05) is 18.0 Å². The third kappa shape index (κ3) is 3.71. The van der Waals surface area contributed by atoms with Gasteiger partial charge >= 0.3 is 0 Å². The molecule has 0 aromatic carbocycles. The zero-order valence-corrected chi connectivity index (χ0v) is 10.7. The molecule has 1 aromatic heterocycles. The lowest BCUT2D eigenvalue weighted by Gasteiger charge is -2.20. The van der Waals surface area contributed by atoms with Crippen LogP contribution in [0.3, 0.4) is 0 Å². The lowest BCUT2D eigenvalue weighted by molar-refractivity contribution is -0.127. The second kappa shape index (κ2) is 5.63. The van der Waals surface area contributed by atoms with Gasteiger partial charge in [-0.15, -0.1) is 0 Å². The first-order valence-corrected chi connectivity index (χ1v) is 5.47. The van der Waals surface area contributed by atoms with Gasteiger partial charge in [0.05, 0.1) is 30.2 Å². The van der Waals surface area contributed by atoms with Crippen molar-refractivity contribution in [2.24, 2.45) is 0 Å². The number of hydrogen-bond donors (Lipinski definition) is 1. The summed E-state index contributed by atoms with van der Waals surface area (Å²) in [4.78, 5) is 19.0. The van der Waals surface area contributed by atoms with Crippen LogP contribution in [0.4, 0.5) is 5.69 Å². The number of rotatable bonds is 4. The zero-order valence-electron chi connectivity index (χ0n) is 10.7. The zero-order chi connectivity index (χ0) is 13.0. The Bertz CT molecular complexity index is 374. The first-order chi connectivity index (χ1) is 7.91. The molecule has 0 fully saturated rings. The minimum absolute atomic E-state index is 0.0344. The van der Waals surface area contributed by atoms with Crippen molar-refractivity contribution >= 4 is 11.6 Å². The molecular weight excluding hydrogens is 218 g/mol. The molecule has 0 saturated heterocycles. The van der Waals surface area contributed by atoms with E-state index in [1.165, 1.54) is 0 Å². The maximum atomic E-state index is 11.5. The standard InChI is InChI=1S/C12H19N3O2/c1-9(16)11-6-5-10(7-13-11)15(4)8-12(17)14(2)3/h5-7,9,16H,8H2,1-4H3/t9-/m1/s1. The molecule has 1 rings (SSSR count). The third-order valence-electron chi connectivity index (χ3n) is 2.51. The van der Waals surface area contributed by atoms with E-state index in [0.29, 0.717) is 12.2 Å². The molecule has 0 aliphatic carbocycles. The fourth-order valence-electron chi connectivity index (χ4n) is 1.31. The van der Waals surface area contributed by atoms with E-state index in [-0.39, 0.29) is 5.91 Å². The van der Waals surface area contributed by atoms with Crippen LogP contribution in [0, 0.1) is 0 Å². The Balaban J connectivity index is 2.70. The number of aliphatic hydroxyl groups excluding tert-OH is 1. The monoisotopic (exact) mass is 237 g/mol. The topological polar surface area (TPSA) is 56.7 Å². The molecule has 0 saturated carbocycles. The fraction of sp³-hybridized carbons (Fsp3) is 0.500. The number of hydrogen-bond acceptors (Lipinski definition) is 4. The van der Waals surface area contributed by atoms with Crippen molar-refractivity contribution < 1.29 is 9.90 Å². The highest BCUT2D eigenvalue weighted by Gasteiger charge is 2.10. The van der Waals surface area contributed by atoms with Gasteiger partial charge in [-0.1, -0.05) is 0 Å². The summed E-state index contributed by atoms with van der Waals surface area (Å²) in [6.07, 6.45) is 1.09. The summed E-state index contributed by atoms with van der Waals surface area (Å²) < 4.78 is 0. The number of carbonyl (C=O) groups is 1. The van der Waals surface area contributed by atoms with Gasteiger partial charge in [0.2, 0.25) is 5.91 Å². The van der Waals surface area contributed by atoms with Crippen molar-refractivity contribution in [2.75, 3.05) is 32.6 Å². The van der Waals surface area contributed by atoms with E-state index in [4.69, 9.17) is 0 Å². The Kier molecular flexibility index (Phi) is 4.45. The number of nitrogens with zero attached hydrogens (tertiary/aromatic N) is 3. The van der Waals surface area contributed by atoms with Gasteiger partial charge in [0.25, 0.3) is 0 Å². The molecule has 1 amide bonds. The molecule has 94 valence electrons. The van der Waals surface area contributed by atoms with Crippen LogP contribution in [0.1, 0.15) is 18.7 Å². The van der Waals surface area contributed by atoms with Crippen LogP contribution in [0.2, 0.25) is 0 Å². The Morgan fingerprint density at radius 3 is 2.47 bits per heavy atom. The van der Waals surface area contributed by atoms with Crippen LogP contribution in [-0.4, -0.2) is 48.6 Å². The third-order valence-corrected chi connectivity index (χ3v) is 2.51. The number of aliphatic hydroxyl groups is 1. The van der Waals surface area contributed by atoms with Crippen LogP contribution >= 0.6 is 0 Å². The lowest BCUT2D eigenvalue weighted by Crippen LogP contribution is -2.34. The number of amides is 1. The summed E-state index contributed by atoms with van der Waals surface area (Å²) in [7, 11) is 5.29. The molecule has 1 N–H and O–H groups in total. The van der Waals surface area contributed by atoms with Crippen molar-refractivity contribution in [3.8, 4) is 0 Å². The van der Waals surface area contributed by atoms with Gasteiger partial charge in [0, 0.05) is 21.1 Å². The van der Waals surface area contributed by atoms with Crippen molar-refractivity contribution in [2.45, 2.75) is 13.0 Å². The summed E-state index contributed by atoms with van der Waals surface area (Å²) in [6, 6.07) is 3.61.